The van der Waals surface area contributed by atoms with Gasteiger partial charge in [-0.3, -0.25) is 0 Å². The second kappa shape index (κ2) is 9.61. The third-order valence-corrected chi connectivity index (χ3v) is 4.23. The molecule has 0 spiro atoms. The normalized spacial score (nSPS) is 13.3. The van der Waals surface area contributed by atoms with Gasteiger partial charge in [0.25, 0.3) is 0 Å². The first-order valence-corrected chi connectivity index (χ1v) is 9.34. The lowest BCUT2D eigenvalue weighted by molar-refractivity contribution is 0.252. The lowest BCUT2D eigenvalue weighted by atomic mass is 10.3. The van der Waals surface area contributed by atoms with Gasteiger partial charge in [0, 0.05) is 32.2 Å². The largest absolute Gasteiger partial charge is 0.492 e. The van der Waals surface area contributed by atoms with Crippen LogP contribution in [0.4, 0.5) is 22.1 Å². The predicted octanol–water partition coefficient (Wildman–Crippen LogP) is 2.71. The van der Waals surface area contributed by atoms with Crippen molar-refractivity contribution in [1.29, 1.82) is 0 Å². The zero-order valence-corrected chi connectivity index (χ0v) is 15.6. The Balaban J connectivity index is 1.42. The standard InChI is InChI=1S/C19H26N6O2/c1-2-27-16-8-4-3-7-15(16)24-19(26)21-10-9-20-17-13-18(23-14-22-17)25-11-5-6-12-25/h3-4,7-8,13-14H,2,5-6,9-12H2,1H3,(H,20,22,23)(H2,21,24,26). The Labute approximate surface area is 159 Å². The number of urea groups is 1. The van der Waals surface area contributed by atoms with Gasteiger partial charge in [-0.25, -0.2) is 14.8 Å². The average molecular weight is 370 g/mol. The maximum Gasteiger partial charge on any atom is 0.319 e. The van der Waals surface area contributed by atoms with E-state index in [-0.39, 0.29) is 6.03 Å². The van der Waals surface area contributed by atoms with E-state index in [9.17, 15) is 4.79 Å². The molecule has 1 aromatic heterocycles. The Morgan fingerprint density at radius 3 is 2.81 bits per heavy atom. The number of ether oxygens (including phenoxy) is 1. The van der Waals surface area contributed by atoms with E-state index in [1.54, 1.807) is 6.33 Å². The summed E-state index contributed by atoms with van der Waals surface area (Å²) in [5.41, 5.74) is 0.649. The van der Waals surface area contributed by atoms with Crippen molar-refractivity contribution in [3.8, 4) is 5.75 Å². The second-order valence-corrected chi connectivity index (χ2v) is 6.19. The zero-order valence-electron chi connectivity index (χ0n) is 15.6. The zero-order chi connectivity index (χ0) is 18.9. The average Bonchev–Trinajstić information content (AvgIpc) is 3.22. The molecule has 0 unspecified atom stereocenters. The van der Waals surface area contributed by atoms with Gasteiger partial charge in [0.2, 0.25) is 0 Å². The molecule has 3 rings (SSSR count). The number of carbonyl (C=O) groups is 1. The third-order valence-electron chi connectivity index (χ3n) is 4.23. The lowest BCUT2D eigenvalue weighted by Gasteiger charge is -2.16. The molecular weight excluding hydrogens is 344 g/mol. The molecule has 0 bridgehead atoms. The number of amides is 2. The molecule has 0 aliphatic carbocycles. The van der Waals surface area contributed by atoms with Gasteiger partial charge in [-0.2, -0.15) is 0 Å². The SMILES string of the molecule is CCOc1ccccc1NC(=O)NCCNc1cc(N2CCCC2)ncn1. The van der Waals surface area contributed by atoms with Crippen molar-refractivity contribution >= 4 is 23.4 Å². The lowest BCUT2D eigenvalue weighted by Crippen LogP contribution is -2.32. The van der Waals surface area contributed by atoms with Crippen LogP contribution in [0.1, 0.15) is 19.8 Å². The number of benzene rings is 1. The smallest absolute Gasteiger partial charge is 0.319 e. The first-order valence-electron chi connectivity index (χ1n) is 9.34. The van der Waals surface area contributed by atoms with E-state index in [1.165, 1.54) is 12.8 Å². The van der Waals surface area contributed by atoms with E-state index in [1.807, 2.05) is 37.3 Å². The minimum atomic E-state index is -0.274. The summed E-state index contributed by atoms with van der Waals surface area (Å²) in [6.45, 7) is 5.57. The Morgan fingerprint density at radius 1 is 1.19 bits per heavy atom. The summed E-state index contributed by atoms with van der Waals surface area (Å²) in [6, 6.07) is 9.04. The van der Waals surface area contributed by atoms with Gasteiger partial charge >= 0.3 is 6.03 Å². The molecule has 0 radical (unpaired) electrons. The highest BCUT2D eigenvalue weighted by atomic mass is 16.5. The van der Waals surface area contributed by atoms with E-state index in [0.717, 1.165) is 24.7 Å². The fourth-order valence-electron chi connectivity index (χ4n) is 2.95. The van der Waals surface area contributed by atoms with Crippen molar-refractivity contribution in [3.05, 3.63) is 36.7 Å². The van der Waals surface area contributed by atoms with E-state index in [0.29, 0.717) is 31.1 Å². The van der Waals surface area contributed by atoms with Crippen molar-refractivity contribution in [1.82, 2.24) is 15.3 Å². The van der Waals surface area contributed by atoms with Crippen molar-refractivity contribution in [2.45, 2.75) is 19.8 Å². The third kappa shape index (κ3) is 5.47. The van der Waals surface area contributed by atoms with Crippen LogP contribution in [0.2, 0.25) is 0 Å². The van der Waals surface area contributed by atoms with Crippen LogP contribution in [-0.2, 0) is 0 Å². The number of rotatable bonds is 8. The molecule has 1 aliphatic heterocycles. The predicted molar refractivity (Wildman–Crippen MR) is 107 cm³/mol. The number of hydrogen-bond donors (Lipinski definition) is 3. The van der Waals surface area contributed by atoms with E-state index in [2.05, 4.69) is 30.8 Å². The summed E-state index contributed by atoms with van der Waals surface area (Å²) in [5, 5.41) is 8.84. The summed E-state index contributed by atoms with van der Waals surface area (Å²) >= 11 is 0. The molecule has 27 heavy (non-hydrogen) atoms. The number of para-hydroxylation sites is 2. The highest BCUT2D eigenvalue weighted by molar-refractivity contribution is 5.90. The van der Waals surface area contributed by atoms with E-state index in [4.69, 9.17) is 4.74 Å². The molecular formula is C19H26N6O2. The number of nitrogens with zero attached hydrogens (tertiary/aromatic N) is 3. The monoisotopic (exact) mass is 370 g/mol. The van der Waals surface area contributed by atoms with Gasteiger partial charge in [-0.05, 0) is 31.9 Å². The molecule has 1 aromatic carbocycles. The maximum atomic E-state index is 12.1. The molecule has 0 saturated carbocycles. The van der Waals surface area contributed by atoms with Gasteiger partial charge in [0.1, 0.15) is 23.7 Å². The molecule has 2 aromatic rings. The molecule has 2 amide bonds. The summed E-state index contributed by atoms with van der Waals surface area (Å²) in [7, 11) is 0. The highest BCUT2D eigenvalue weighted by Crippen LogP contribution is 2.23. The van der Waals surface area contributed by atoms with Gasteiger partial charge in [-0.15, -0.1) is 0 Å². The fraction of sp³-hybridized carbons (Fsp3) is 0.421. The highest BCUT2D eigenvalue weighted by Gasteiger charge is 2.14. The van der Waals surface area contributed by atoms with Crippen LogP contribution in [0.5, 0.6) is 5.75 Å². The molecule has 8 nitrogen and oxygen atoms in total. The second-order valence-electron chi connectivity index (χ2n) is 6.19. The number of carbonyl (C=O) groups excluding carboxylic acids is 1. The van der Waals surface area contributed by atoms with Crippen molar-refractivity contribution in [3.63, 3.8) is 0 Å². The molecule has 3 N–H and O–H groups in total. The minimum absolute atomic E-state index is 0.274. The van der Waals surface area contributed by atoms with Gasteiger partial charge in [0.05, 0.1) is 12.3 Å². The summed E-state index contributed by atoms with van der Waals surface area (Å²) in [5.74, 6) is 2.36. The van der Waals surface area contributed by atoms with Crippen LogP contribution in [0.15, 0.2) is 36.7 Å². The molecule has 1 aliphatic rings. The topological polar surface area (TPSA) is 91.4 Å². The van der Waals surface area contributed by atoms with Gasteiger partial charge in [0.15, 0.2) is 0 Å². The number of hydrogen-bond acceptors (Lipinski definition) is 6. The van der Waals surface area contributed by atoms with Crippen LogP contribution in [0.3, 0.4) is 0 Å². The molecule has 144 valence electrons. The Kier molecular flexibility index (Phi) is 6.67. The molecule has 2 heterocycles. The van der Waals surface area contributed by atoms with Gasteiger partial charge in [-0.1, -0.05) is 12.1 Å². The minimum Gasteiger partial charge on any atom is -0.492 e. The Bertz CT molecular complexity index is 748. The molecule has 1 fully saturated rings. The Hall–Kier alpha value is -3.03. The van der Waals surface area contributed by atoms with Crippen LogP contribution in [0, 0.1) is 0 Å². The number of nitrogens with one attached hydrogen (secondary N) is 3. The summed E-state index contributed by atoms with van der Waals surface area (Å²) < 4.78 is 5.50. The van der Waals surface area contributed by atoms with Crippen LogP contribution < -0.4 is 25.6 Å². The molecule has 0 atom stereocenters. The first kappa shape index (κ1) is 18.8. The van der Waals surface area contributed by atoms with Crippen molar-refractivity contribution in [2.75, 3.05) is 48.3 Å². The van der Waals surface area contributed by atoms with Crippen molar-refractivity contribution < 1.29 is 9.53 Å². The quantitative estimate of drug-likeness (QED) is 0.619. The first-order chi connectivity index (χ1) is 13.3. The van der Waals surface area contributed by atoms with Crippen LogP contribution >= 0.6 is 0 Å². The van der Waals surface area contributed by atoms with Crippen molar-refractivity contribution in [2.24, 2.45) is 0 Å². The fourth-order valence-corrected chi connectivity index (χ4v) is 2.95. The van der Waals surface area contributed by atoms with Crippen LogP contribution in [0.25, 0.3) is 0 Å². The number of anilines is 3. The molecule has 8 heteroatoms. The number of aromatic nitrogens is 2. The summed E-state index contributed by atoms with van der Waals surface area (Å²) in [6.07, 6.45) is 3.98. The Morgan fingerprint density at radius 2 is 2.00 bits per heavy atom. The maximum absolute atomic E-state index is 12.1. The van der Waals surface area contributed by atoms with Crippen LogP contribution in [-0.4, -0.2) is 48.8 Å². The summed E-state index contributed by atoms with van der Waals surface area (Å²) in [4.78, 5) is 22.9. The van der Waals surface area contributed by atoms with E-state index < -0.39 is 0 Å². The van der Waals surface area contributed by atoms with E-state index >= 15 is 0 Å². The van der Waals surface area contributed by atoms with Gasteiger partial charge < -0.3 is 25.6 Å². The molecule has 1 saturated heterocycles.